The van der Waals surface area contributed by atoms with Gasteiger partial charge in [-0.1, -0.05) is 6.92 Å². The fraction of sp³-hybridized carbons (Fsp3) is 0.500. The average molecular weight is 388 g/mol. The first kappa shape index (κ1) is 21.4. The number of carbonyl (C=O) groups excluding carboxylic acids is 1. The van der Waals surface area contributed by atoms with E-state index in [9.17, 15) is 14.9 Å². The predicted octanol–water partition coefficient (Wildman–Crippen LogP) is 4.48. The molecule has 2 aromatic rings. The van der Waals surface area contributed by atoms with Crippen LogP contribution >= 0.6 is 0 Å². The van der Waals surface area contributed by atoms with Crippen molar-refractivity contribution in [3.63, 3.8) is 0 Å². The smallest absolute Gasteiger partial charge is 0.272 e. The molecule has 1 heterocycles. The van der Waals surface area contributed by atoms with Gasteiger partial charge in [-0.05, 0) is 60.1 Å². The quantitative estimate of drug-likeness (QED) is 0.581. The number of rotatable bonds is 6. The number of carbonyl (C=O) groups is 1. The van der Waals surface area contributed by atoms with Crippen molar-refractivity contribution >= 4 is 11.6 Å². The Hall–Kier alpha value is -2.90. The van der Waals surface area contributed by atoms with Crippen LogP contribution in [-0.4, -0.2) is 26.7 Å². The number of nitrogens with one attached hydrogen (secondary N) is 1. The zero-order chi connectivity index (χ0) is 21.2. The summed E-state index contributed by atoms with van der Waals surface area (Å²) < 4.78 is 7.71. The monoisotopic (exact) mass is 388 g/mol. The molecule has 8 heteroatoms. The van der Waals surface area contributed by atoms with Gasteiger partial charge in [0.1, 0.15) is 5.75 Å². The van der Waals surface area contributed by atoms with Gasteiger partial charge in [0, 0.05) is 23.2 Å². The minimum absolute atomic E-state index is 0.0296. The number of hydrogen-bond acceptors (Lipinski definition) is 5. The Balaban J connectivity index is 2.47. The van der Waals surface area contributed by atoms with Crippen molar-refractivity contribution in [2.45, 2.75) is 66.5 Å². The van der Waals surface area contributed by atoms with E-state index >= 15 is 0 Å². The van der Waals surface area contributed by atoms with Gasteiger partial charge in [-0.2, -0.15) is 5.10 Å². The number of nitrogens with zero attached hydrogens (tertiary/aromatic N) is 3. The van der Waals surface area contributed by atoms with Crippen LogP contribution in [0.4, 0.5) is 5.69 Å². The van der Waals surface area contributed by atoms with Gasteiger partial charge in [0.2, 0.25) is 5.88 Å². The minimum Gasteiger partial charge on any atom is -0.439 e. The van der Waals surface area contributed by atoms with Gasteiger partial charge in [0.15, 0.2) is 5.69 Å². The maximum atomic E-state index is 12.6. The van der Waals surface area contributed by atoms with Crippen LogP contribution in [0.1, 0.15) is 62.7 Å². The molecule has 0 saturated heterocycles. The van der Waals surface area contributed by atoms with Crippen molar-refractivity contribution in [1.29, 1.82) is 0 Å². The Morgan fingerprint density at radius 2 is 2.00 bits per heavy atom. The molecule has 0 fully saturated rings. The third-order valence-electron chi connectivity index (χ3n) is 4.49. The van der Waals surface area contributed by atoms with Gasteiger partial charge in [0.25, 0.3) is 11.6 Å². The van der Waals surface area contributed by atoms with Crippen LogP contribution in [0.15, 0.2) is 18.2 Å². The molecule has 0 aliphatic heterocycles. The zero-order valence-corrected chi connectivity index (χ0v) is 17.5. The molecule has 2 rings (SSSR count). The topological polar surface area (TPSA) is 99.3 Å². The number of nitro groups is 1. The summed E-state index contributed by atoms with van der Waals surface area (Å²) in [5, 5.41) is 18.5. The zero-order valence-electron chi connectivity index (χ0n) is 17.5. The molecule has 0 bridgehead atoms. The Kier molecular flexibility index (Phi) is 6.11. The normalized spacial score (nSPS) is 12.5. The van der Waals surface area contributed by atoms with Gasteiger partial charge in [-0.25, -0.2) is 4.68 Å². The number of amides is 1. The van der Waals surface area contributed by atoms with E-state index in [0.717, 1.165) is 6.42 Å². The van der Waals surface area contributed by atoms with Crippen LogP contribution in [-0.2, 0) is 5.54 Å². The molecular weight excluding hydrogens is 360 g/mol. The number of ether oxygens (including phenoxy) is 1. The lowest BCUT2D eigenvalue weighted by atomic mass is 10.1. The number of nitro benzene ring substituents is 1. The van der Waals surface area contributed by atoms with Crippen molar-refractivity contribution in [2.24, 2.45) is 0 Å². The molecule has 152 valence electrons. The molecule has 0 aliphatic rings. The van der Waals surface area contributed by atoms with Crippen molar-refractivity contribution in [2.75, 3.05) is 0 Å². The molecule has 0 radical (unpaired) electrons. The summed E-state index contributed by atoms with van der Waals surface area (Å²) >= 11 is 0. The van der Waals surface area contributed by atoms with E-state index in [1.165, 1.54) is 6.07 Å². The van der Waals surface area contributed by atoms with E-state index < -0.39 is 10.5 Å². The molecule has 0 spiro atoms. The Bertz CT molecular complexity index is 896. The van der Waals surface area contributed by atoms with Crippen LogP contribution in [0.2, 0.25) is 0 Å². The summed E-state index contributed by atoms with van der Waals surface area (Å²) in [5.74, 6) is 0.639. The standard InChI is InChI=1S/C20H28N4O4/c1-8-13(3)21-18(25)17-14(4)19(23(22-17)20(5,6)7)28-15-9-10-16(24(26)27)12(2)11-15/h9-11,13H,8H2,1-7H3,(H,21,25)/t13-/m1/s1. The van der Waals surface area contributed by atoms with E-state index in [-0.39, 0.29) is 17.6 Å². The lowest BCUT2D eigenvalue weighted by Gasteiger charge is -2.22. The third kappa shape index (κ3) is 4.49. The molecule has 1 aromatic carbocycles. The van der Waals surface area contributed by atoms with Gasteiger partial charge in [0.05, 0.1) is 10.5 Å². The lowest BCUT2D eigenvalue weighted by Crippen LogP contribution is -2.33. The first-order valence-electron chi connectivity index (χ1n) is 9.29. The van der Waals surface area contributed by atoms with Gasteiger partial charge in [-0.15, -0.1) is 0 Å². The second-order valence-electron chi connectivity index (χ2n) is 7.95. The summed E-state index contributed by atoms with van der Waals surface area (Å²) in [6.45, 7) is 13.3. The second-order valence-corrected chi connectivity index (χ2v) is 7.95. The van der Waals surface area contributed by atoms with Gasteiger partial charge in [-0.3, -0.25) is 14.9 Å². The minimum atomic E-state index is -0.429. The van der Waals surface area contributed by atoms with Crippen LogP contribution < -0.4 is 10.1 Å². The highest BCUT2D eigenvalue weighted by molar-refractivity contribution is 5.94. The summed E-state index contributed by atoms with van der Waals surface area (Å²) in [7, 11) is 0. The first-order chi connectivity index (χ1) is 13.0. The van der Waals surface area contributed by atoms with E-state index in [0.29, 0.717) is 28.5 Å². The number of aryl methyl sites for hydroxylation is 1. The van der Waals surface area contributed by atoms with E-state index in [4.69, 9.17) is 4.74 Å². The number of benzene rings is 1. The third-order valence-corrected chi connectivity index (χ3v) is 4.49. The second kappa shape index (κ2) is 8.00. The molecule has 1 atom stereocenters. The number of hydrogen-bond donors (Lipinski definition) is 1. The van der Waals surface area contributed by atoms with Crippen molar-refractivity contribution in [3.8, 4) is 11.6 Å². The molecule has 0 unspecified atom stereocenters. The summed E-state index contributed by atoms with van der Waals surface area (Å²) in [6, 6.07) is 4.60. The van der Waals surface area contributed by atoms with Gasteiger partial charge < -0.3 is 10.1 Å². The van der Waals surface area contributed by atoms with Crippen LogP contribution in [0, 0.1) is 24.0 Å². The molecule has 8 nitrogen and oxygen atoms in total. The first-order valence-corrected chi connectivity index (χ1v) is 9.29. The Morgan fingerprint density at radius 3 is 2.50 bits per heavy atom. The highest BCUT2D eigenvalue weighted by Gasteiger charge is 2.28. The van der Waals surface area contributed by atoms with E-state index in [1.54, 1.807) is 30.7 Å². The lowest BCUT2D eigenvalue weighted by molar-refractivity contribution is -0.385. The molecule has 1 N–H and O–H groups in total. The Labute approximate surface area is 165 Å². The van der Waals surface area contributed by atoms with Crippen LogP contribution in [0.3, 0.4) is 0 Å². The largest absolute Gasteiger partial charge is 0.439 e. The average Bonchev–Trinajstić information content (AvgIpc) is 2.91. The van der Waals surface area contributed by atoms with Crippen LogP contribution in [0.25, 0.3) is 0 Å². The summed E-state index contributed by atoms with van der Waals surface area (Å²) in [6.07, 6.45) is 0.816. The fourth-order valence-electron chi connectivity index (χ4n) is 2.67. The maximum Gasteiger partial charge on any atom is 0.272 e. The molecule has 0 saturated carbocycles. The van der Waals surface area contributed by atoms with Crippen molar-refractivity contribution < 1.29 is 14.5 Å². The SMILES string of the molecule is CC[C@@H](C)NC(=O)c1nn(C(C)(C)C)c(Oc2ccc([N+](=O)[O-])c(C)c2)c1C. The van der Waals surface area contributed by atoms with Gasteiger partial charge >= 0.3 is 0 Å². The van der Waals surface area contributed by atoms with Crippen LogP contribution in [0.5, 0.6) is 11.6 Å². The molecule has 1 aromatic heterocycles. The van der Waals surface area contributed by atoms with Crippen molar-refractivity contribution in [3.05, 3.63) is 45.1 Å². The van der Waals surface area contributed by atoms with E-state index in [1.807, 2.05) is 34.6 Å². The Morgan fingerprint density at radius 1 is 1.36 bits per heavy atom. The molecular formula is C20H28N4O4. The highest BCUT2D eigenvalue weighted by atomic mass is 16.6. The molecule has 0 aliphatic carbocycles. The maximum absolute atomic E-state index is 12.6. The van der Waals surface area contributed by atoms with Crippen molar-refractivity contribution in [1.82, 2.24) is 15.1 Å². The summed E-state index contributed by atoms with van der Waals surface area (Å²) in [4.78, 5) is 23.2. The van der Waals surface area contributed by atoms with E-state index in [2.05, 4.69) is 10.4 Å². The number of aromatic nitrogens is 2. The highest BCUT2D eigenvalue weighted by Crippen LogP contribution is 2.33. The summed E-state index contributed by atoms with van der Waals surface area (Å²) in [5.41, 5.74) is 1.03. The molecule has 1 amide bonds. The predicted molar refractivity (Wildman–Crippen MR) is 107 cm³/mol. The fourth-order valence-corrected chi connectivity index (χ4v) is 2.67. The molecule has 28 heavy (non-hydrogen) atoms.